The van der Waals surface area contributed by atoms with E-state index in [1.54, 1.807) is 30.5 Å². The Kier molecular flexibility index (Phi) is 6.91. The first-order valence-electron chi connectivity index (χ1n) is 10.6. The molecule has 176 valence electrons. The van der Waals surface area contributed by atoms with E-state index in [9.17, 15) is 20.4 Å². The third-order valence-corrected chi connectivity index (χ3v) is 5.42. The van der Waals surface area contributed by atoms with Crippen LogP contribution in [0.4, 0.5) is 11.4 Å². The topological polar surface area (TPSA) is 146 Å². The van der Waals surface area contributed by atoms with E-state index in [2.05, 4.69) is 15.3 Å². The molecule has 4 rings (SSSR count). The molecule has 3 heterocycles. The molecule has 1 aliphatic rings. The molecule has 0 radical (unpaired) electrons. The summed E-state index contributed by atoms with van der Waals surface area (Å²) in [6.07, 6.45) is -4.94. The third kappa shape index (κ3) is 4.85. The van der Waals surface area contributed by atoms with Gasteiger partial charge >= 0.3 is 0 Å². The van der Waals surface area contributed by atoms with Crippen LogP contribution in [0.3, 0.4) is 0 Å². The molecular weight excluding hydrogens is 430 g/mol. The molecule has 1 saturated heterocycles. The molecule has 1 aromatic carbocycles. The number of aliphatic hydroxyl groups excluding tert-OH is 4. The fourth-order valence-electron chi connectivity index (χ4n) is 3.68. The summed E-state index contributed by atoms with van der Waals surface area (Å²) in [6, 6.07) is 10.6. The summed E-state index contributed by atoms with van der Waals surface area (Å²) in [5.41, 5.74) is 2.92. The highest BCUT2D eigenvalue weighted by Crippen LogP contribution is 2.30. The number of aryl methyl sites for hydroxylation is 1. The summed E-state index contributed by atoms with van der Waals surface area (Å²) < 4.78 is 16.4. The van der Waals surface area contributed by atoms with E-state index in [1.807, 2.05) is 26.0 Å². The Balaban J connectivity index is 1.50. The average molecular weight is 457 g/mol. The molecule has 0 amide bonds. The summed E-state index contributed by atoms with van der Waals surface area (Å²) in [7, 11) is 0. The molecule has 0 spiro atoms. The van der Waals surface area contributed by atoms with Gasteiger partial charge in [0.05, 0.1) is 24.6 Å². The van der Waals surface area contributed by atoms with Crippen LogP contribution in [0.25, 0.3) is 11.0 Å². The van der Waals surface area contributed by atoms with E-state index in [-0.39, 0.29) is 0 Å². The Morgan fingerprint density at radius 1 is 1.09 bits per heavy atom. The number of anilines is 2. The lowest BCUT2D eigenvalue weighted by atomic mass is 9.99. The summed E-state index contributed by atoms with van der Waals surface area (Å²) in [5.74, 6) is 1.06. The van der Waals surface area contributed by atoms with E-state index in [0.29, 0.717) is 23.8 Å². The van der Waals surface area contributed by atoms with Crippen LogP contribution in [0.5, 0.6) is 11.5 Å². The van der Waals surface area contributed by atoms with Crippen molar-refractivity contribution < 1.29 is 34.6 Å². The Bertz CT molecular complexity index is 1100. The van der Waals surface area contributed by atoms with Crippen LogP contribution >= 0.6 is 0 Å². The lowest BCUT2D eigenvalue weighted by molar-refractivity contribution is -0.280. The van der Waals surface area contributed by atoms with Gasteiger partial charge < -0.3 is 40.0 Å². The van der Waals surface area contributed by atoms with E-state index < -0.39 is 37.3 Å². The highest BCUT2D eigenvalue weighted by molar-refractivity contribution is 5.91. The lowest BCUT2D eigenvalue weighted by Crippen LogP contribution is -2.60. The average Bonchev–Trinajstić information content (AvgIpc) is 2.81. The second-order valence-corrected chi connectivity index (χ2v) is 7.70. The van der Waals surface area contributed by atoms with E-state index in [1.165, 1.54) is 0 Å². The molecule has 1 fully saturated rings. The summed E-state index contributed by atoms with van der Waals surface area (Å²) in [6.45, 7) is 3.79. The Morgan fingerprint density at radius 3 is 2.55 bits per heavy atom. The van der Waals surface area contributed by atoms with Gasteiger partial charge in [0.25, 0.3) is 0 Å². The standard InChI is InChI=1S/C23H27N3O7/c1-3-31-17-10-15-16(8-9-24-22(15)25-12(17)2)26-13-4-6-14(7-5-13)32-21-20(29)19(28)18(11-27)33-23(21)30/h4-10,18-21,23,27-30H,3,11H2,1-2H3,(H,24,25,26)/t18-,19+,20+,21-,23-/m1/s1. The maximum Gasteiger partial charge on any atom is 0.195 e. The van der Waals surface area contributed by atoms with Crippen molar-refractivity contribution >= 4 is 22.4 Å². The first kappa shape index (κ1) is 23.1. The van der Waals surface area contributed by atoms with E-state index >= 15 is 0 Å². The number of ether oxygens (including phenoxy) is 3. The van der Waals surface area contributed by atoms with Crippen molar-refractivity contribution in [3.05, 3.63) is 48.3 Å². The van der Waals surface area contributed by atoms with Crippen molar-refractivity contribution in [2.24, 2.45) is 0 Å². The predicted octanol–water partition coefficient (Wildman–Crippen LogP) is 1.26. The molecule has 0 aliphatic carbocycles. The molecule has 3 aromatic rings. The quantitative estimate of drug-likeness (QED) is 0.351. The highest BCUT2D eigenvalue weighted by atomic mass is 16.7. The number of nitrogens with one attached hydrogen (secondary N) is 1. The van der Waals surface area contributed by atoms with Crippen molar-refractivity contribution in [3.63, 3.8) is 0 Å². The molecule has 5 N–H and O–H groups in total. The summed E-state index contributed by atoms with van der Waals surface area (Å²) >= 11 is 0. The van der Waals surface area contributed by atoms with Crippen LogP contribution in [0.1, 0.15) is 12.6 Å². The molecule has 10 heteroatoms. The number of fused-ring (bicyclic) bond motifs is 1. The molecule has 33 heavy (non-hydrogen) atoms. The second kappa shape index (κ2) is 9.86. The van der Waals surface area contributed by atoms with Crippen molar-refractivity contribution in [2.45, 2.75) is 44.6 Å². The number of rotatable bonds is 7. The molecule has 0 unspecified atom stereocenters. The van der Waals surface area contributed by atoms with Gasteiger partial charge in [-0.3, -0.25) is 0 Å². The number of nitrogens with zero attached hydrogens (tertiary/aromatic N) is 2. The first-order chi connectivity index (χ1) is 15.9. The molecule has 10 nitrogen and oxygen atoms in total. The van der Waals surface area contributed by atoms with Gasteiger partial charge in [-0.25, -0.2) is 9.97 Å². The number of aliphatic hydroxyl groups is 4. The fourth-order valence-corrected chi connectivity index (χ4v) is 3.68. The van der Waals surface area contributed by atoms with Gasteiger partial charge in [-0.2, -0.15) is 0 Å². The smallest absolute Gasteiger partial charge is 0.195 e. The van der Waals surface area contributed by atoms with Gasteiger partial charge in [0, 0.05) is 17.3 Å². The van der Waals surface area contributed by atoms with Crippen molar-refractivity contribution in [1.29, 1.82) is 0 Å². The summed E-state index contributed by atoms with van der Waals surface area (Å²) in [4.78, 5) is 8.85. The van der Waals surface area contributed by atoms with Gasteiger partial charge in [0.15, 0.2) is 18.0 Å². The Morgan fingerprint density at radius 2 is 1.85 bits per heavy atom. The zero-order valence-corrected chi connectivity index (χ0v) is 18.3. The van der Waals surface area contributed by atoms with Crippen molar-refractivity contribution in [3.8, 4) is 11.5 Å². The largest absolute Gasteiger partial charge is 0.492 e. The maximum atomic E-state index is 10.2. The van der Waals surface area contributed by atoms with Gasteiger partial charge in [-0.1, -0.05) is 0 Å². The minimum Gasteiger partial charge on any atom is -0.492 e. The Labute approximate surface area is 190 Å². The van der Waals surface area contributed by atoms with Gasteiger partial charge in [0.1, 0.15) is 29.8 Å². The van der Waals surface area contributed by atoms with Crippen molar-refractivity contribution in [2.75, 3.05) is 18.5 Å². The van der Waals surface area contributed by atoms with E-state index in [0.717, 1.165) is 22.5 Å². The zero-order valence-electron chi connectivity index (χ0n) is 18.3. The normalized spacial score (nSPS) is 25.1. The SMILES string of the molecule is CCOc1cc2c(Nc3ccc(O[C@@H]4[C@@H](O)[C@@H](O)[C@@H](CO)O[C@H]4O)cc3)ccnc2nc1C. The predicted molar refractivity (Wildman–Crippen MR) is 120 cm³/mol. The Hall–Kier alpha value is -3.02. The molecular formula is C23H27N3O7. The van der Waals surface area contributed by atoms with Crippen LogP contribution < -0.4 is 14.8 Å². The molecule has 0 bridgehead atoms. The minimum absolute atomic E-state index is 0.359. The minimum atomic E-state index is -1.50. The van der Waals surface area contributed by atoms with Gasteiger partial charge in [-0.15, -0.1) is 0 Å². The summed E-state index contributed by atoms with van der Waals surface area (Å²) in [5, 5.41) is 43.6. The number of hydrogen-bond donors (Lipinski definition) is 5. The third-order valence-electron chi connectivity index (χ3n) is 5.42. The monoisotopic (exact) mass is 457 g/mol. The fraction of sp³-hybridized carbons (Fsp3) is 0.391. The van der Waals surface area contributed by atoms with Crippen LogP contribution in [0.15, 0.2) is 42.6 Å². The van der Waals surface area contributed by atoms with Crippen molar-refractivity contribution in [1.82, 2.24) is 9.97 Å². The van der Waals surface area contributed by atoms with Crippen LogP contribution in [0.2, 0.25) is 0 Å². The van der Waals surface area contributed by atoms with E-state index in [4.69, 9.17) is 14.2 Å². The number of pyridine rings is 2. The number of aromatic nitrogens is 2. The molecule has 0 saturated carbocycles. The molecule has 2 aromatic heterocycles. The van der Waals surface area contributed by atoms with Crippen LogP contribution in [-0.4, -0.2) is 74.3 Å². The van der Waals surface area contributed by atoms with Crippen LogP contribution in [-0.2, 0) is 4.74 Å². The maximum absolute atomic E-state index is 10.2. The molecule has 5 atom stereocenters. The zero-order chi connectivity index (χ0) is 23.5. The number of hydrogen-bond acceptors (Lipinski definition) is 10. The van der Waals surface area contributed by atoms with Gasteiger partial charge in [-0.05, 0) is 50.2 Å². The highest BCUT2D eigenvalue weighted by Gasteiger charge is 2.45. The second-order valence-electron chi connectivity index (χ2n) is 7.70. The lowest BCUT2D eigenvalue weighted by Gasteiger charge is -2.39. The van der Waals surface area contributed by atoms with Gasteiger partial charge in [0.2, 0.25) is 0 Å². The first-order valence-corrected chi connectivity index (χ1v) is 10.6. The molecule has 1 aliphatic heterocycles. The van der Waals surface area contributed by atoms with Crippen LogP contribution in [0, 0.1) is 6.92 Å². The number of benzene rings is 1.